The Hall–Kier alpha value is -1.06. The fourth-order valence-electron chi connectivity index (χ4n) is 0.470. The Labute approximate surface area is 59.5 Å². The van der Waals surface area contributed by atoms with Gasteiger partial charge in [-0.05, 0) is 6.42 Å². The van der Waals surface area contributed by atoms with Crippen molar-refractivity contribution in [2.24, 2.45) is 5.16 Å². The largest absolute Gasteiger partial charge is 0.469 e. The van der Waals surface area contributed by atoms with E-state index >= 15 is 0 Å². The van der Waals surface area contributed by atoms with Gasteiger partial charge in [0.1, 0.15) is 0 Å². The molecule has 0 unspecified atom stereocenters. The van der Waals surface area contributed by atoms with Crippen LogP contribution >= 0.6 is 0 Å². The minimum absolute atomic E-state index is 0.0729. The van der Waals surface area contributed by atoms with Crippen LogP contribution in [0.25, 0.3) is 0 Å². The molecule has 0 saturated heterocycles. The fourth-order valence-corrected chi connectivity index (χ4v) is 0.470. The number of esters is 1. The van der Waals surface area contributed by atoms with Crippen molar-refractivity contribution in [1.82, 2.24) is 0 Å². The zero-order valence-corrected chi connectivity index (χ0v) is 6.13. The third-order valence-electron chi connectivity index (χ3n) is 1.13. The monoisotopic (exact) mass is 145 g/mol. The third-order valence-corrected chi connectivity index (χ3v) is 1.13. The van der Waals surface area contributed by atoms with Gasteiger partial charge in [-0.2, -0.15) is 0 Å². The summed E-state index contributed by atoms with van der Waals surface area (Å²) in [5.74, 6) is -0.380. The molecular weight excluding hydrogens is 134 g/mol. The molecule has 0 aromatic carbocycles. The van der Waals surface area contributed by atoms with Crippen LogP contribution in [0, 0.1) is 0 Å². The Balaban J connectivity index is 3.76. The summed E-state index contributed by atoms with van der Waals surface area (Å²) in [6, 6.07) is 0. The van der Waals surface area contributed by atoms with E-state index in [1.807, 2.05) is 0 Å². The van der Waals surface area contributed by atoms with Crippen molar-refractivity contribution in [3.63, 3.8) is 0 Å². The van der Waals surface area contributed by atoms with Gasteiger partial charge in [0.05, 0.1) is 19.2 Å². The lowest BCUT2D eigenvalue weighted by atomic mass is 10.2. The van der Waals surface area contributed by atoms with Crippen LogP contribution in [0.1, 0.15) is 19.8 Å². The topological polar surface area (TPSA) is 58.9 Å². The van der Waals surface area contributed by atoms with Crippen LogP contribution < -0.4 is 0 Å². The number of oxime groups is 1. The summed E-state index contributed by atoms with van der Waals surface area (Å²) in [6.07, 6.45) is 0.634. The van der Waals surface area contributed by atoms with Crippen molar-refractivity contribution >= 4 is 11.7 Å². The van der Waals surface area contributed by atoms with Gasteiger partial charge in [-0.15, -0.1) is 0 Å². The van der Waals surface area contributed by atoms with E-state index in [0.717, 1.165) is 0 Å². The number of carbonyl (C=O) groups is 1. The molecule has 0 aromatic rings. The van der Waals surface area contributed by atoms with Crippen molar-refractivity contribution in [1.29, 1.82) is 0 Å². The maximum atomic E-state index is 10.5. The van der Waals surface area contributed by atoms with Crippen LogP contribution in [0.3, 0.4) is 0 Å². The van der Waals surface area contributed by atoms with Crippen LogP contribution in [0.5, 0.6) is 0 Å². The number of hydrogen-bond acceptors (Lipinski definition) is 4. The normalized spacial score (nSPS) is 11.2. The highest BCUT2D eigenvalue weighted by atomic mass is 16.5. The molecule has 0 rings (SSSR count). The molecule has 0 bridgehead atoms. The summed E-state index contributed by atoms with van der Waals surface area (Å²) in [5, 5.41) is 11.2. The number of methoxy groups -OCH3 is 1. The summed E-state index contributed by atoms with van der Waals surface area (Å²) in [6.45, 7) is 1.80. The van der Waals surface area contributed by atoms with Gasteiger partial charge in [0.15, 0.2) is 0 Å². The van der Waals surface area contributed by atoms with Crippen LogP contribution in [-0.4, -0.2) is 24.0 Å². The van der Waals surface area contributed by atoms with Gasteiger partial charge in [-0.3, -0.25) is 4.79 Å². The summed E-state index contributed by atoms with van der Waals surface area (Å²) in [4.78, 5) is 10.5. The molecule has 0 aromatic heterocycles. The van der Waals surface area contributed by atoms with Crippen molar-refractivity contribution in [3.8, 4) is 0 Å². The Morgan fingerprint density at radius 3 is 2.60 bits per heavy atom. The van der Waals surface area contributed by atoms with Crippen molar-refractivity contribution < 1.29 is 14.7 Å². The Morgan fingerprint density at radius 2 is 2.30 bits per heavy atom. The highest BCUT2D eigenvalue weighted by Crippen LogP contribution is 1.93. The average Bonchev–Trinajstić information content (AvgIpc) is 1.99. The molecule has 0 spiro atoms. The zero-order valence-electron chi connectivity index (χ0n) is 6.13. The lowest BCUT2D eigenvalue weighted by Crippen LogP contribution is -2.08. The number of ether oxygens (including phenoxy) is 1. The van der Waals surface area contributed by atoms with E-state index in [-0.39, 0.29) is 12.4 Å². The molecule has 0 amide bonds. The smallest absolute Gasteiger partial charge is 0.311 e. The molecule has 58 valence electrons. The van der Waals surface area contributed by atoms with Gasteiger partial charge >= 0.3 is 5.97 Å². The number of carbonyl (C=O) groups excluding carboxylic acids is 1. The molecule has 0 aliphatic heterocycles. The molecule has 0 atom stereocenters. The molecule has 0 aliphatic carbocycles. The van der Waals surface area contributed by atoms with E-state index in [1.165, 1.54) is 7.11 Å². The van der Waals surface area contributed by atoms with Gasteiger partial charge in [0.25, 0.3) is 0 Å². The Kier molecular flexibility index (Phi) is 4.28. The summed E-state index contributed by atoms with van der Waals surface area (Å²) < 4.78 is 4.35. The van der Waals surface area contributed by atoms with E-state index < -0.39 is 0 Å². The summed E-state index contributed by atoms with van der Waals surface area (Å²) in [5.41, 5.74) is 0.437. The maximum absolute atomic E-state index is 10.5. The molecule has 0 radical (unpaired) electrons. The minimum atomic E-state index is -0.380. The zero-order chi connectivity index (χ0) is 7.98. The van der Waals surface area contributed by atoms with Crippen molar-refractivity contribution in [3.05, 3.63) is 0 Å². The first-order valence-corrected chi connectivity index (χ1v) is 3.01. The van der Waals surface area contributed by atoms with E-state index in [9.17, 15) is 4.79 Å². The summed E-state index contributed by atoms with van der Waals surface area (Å²) in [7, 11) is 1.30. The molecule has 4 nitrogen and oxygen atoms in total. The lowest BCUT2D eigenvalue weighted by Gasteiger charge is -1.97. The van der Waals surface area contributed by atoms with E-state index in [2.05, 4.69) is 9.89 Å². The van der Waals surface area contributed by atoms with E-state index in [4.69, 9.17) is 5.21 Å². The predicted molar refractivity (Wildman–Crippen MR) is 36.1 cm³/mol. The predicted octanol–water partition coefficient (Wildman–Crippen LogP) is 0.790. The third kappa shape index (κ3) is 3.06. The first-order chi connectivity index (χ1) is 4.74. The van der Waals surface area contributed by atoms with Gasteiger partial charge in [-0.25, -0.2) is 0 Å². The first kappa shape index (κ1) is 8.94. The number of nitrogens with zero attached hydrogens (tertiary/aromatic N) is 1. The van der Waals surface area contributed by atoms with E-state index in [0.29, 0.717) is 12.1 Å². The summed E-state index contributed by atoms with van der Waals surface area (Å²) >= 11 is 0. The molecule has 10 heavy (non-hydrogen) atoms. The molecule has 0 fully saturated rings. The number of hydrogen-bond donors (Lipinski definition) is 1. The quantitative estimate of drug-likeness (QED) is 0.276. The van der Waals surface area contributed by atoms with Crippen molar-refractivity contribution in [2.45, 2.75) is 19.8 Å². The van der Waals surface area contributed by atoms with Gasteiger partial charge in [-0.1, -0.05) is 12.1 Å². The Morgan fingerprint density at radius 1 is 1.70 bits per heavy atom. The highest BCUT2D eigenvalue weighted by molar-refractivity contribution is 5.98. The second-order valence-corrected chi connectivity index (χ2v) is 1.77. The van der Waals surface area contributed by atoms with Crippen LogP contribution in [0.4, 0.5) is 0 Å². The minimum Gasteiger partial charge on any atom is -0.469 e. The van der Waals surface area contributed by atoms with Crippen LogP contribution in [0.15, 0.2) is 5.16 Å². The fraction of sp³-hybridized carbons (Fsp3) is 0.667. The Bertz CT molecular complexity index is 142. The molecule has 0 heterocycles. The second kappa shape index (κ2) is 4.78. The van der Waals surface area contributed by atoms with E-state index in [1.54, 1.807) is 6.92 Å². The average molecular weight is 145 g/mol. The maximum Gasteiger partial charge on any atom is 0.311 e. The standard InChI is InChI=1S/C6H11NO3/c1-3-5(7-9)4-6(8)10-2/h9H,3-4H2,1-2H3. The number of rotatable bonds is 3. The highest BCUT2D eigenvalue weighted by Gasteiger charge is 2.04. The van der Waals surface area contributed by atoms with Gasteiger partial charge in [0, 0.05) is 0 Å². The van der Waals surface area contributed by atoms with Gasteiger partial charge < -0.3 is 9.94 Å². The lowest BCUT2D eigenvalue weighted by molar-refractivity contribution is -0.139. The molecule has 0 aliphatic rings. The molecule has 4 heteroatoms. The van der Waals surface area contributed by atoms with Crippen LogP contribution in [-0.2, 0) is 9.53 Å². The van der Waals surface area contributed by atoms with Gasteiger partial charge in [0.2, 0.25) is 0 Å². The second-order valence-electron chi connectivity index (χ2n) is 1.77. The van der Waals surface area contributed by atoms with Crippen LogP contribution in [0.2, 0.25) is 0 Å². The first-order valence-electron chi connectivity index (χ1n) is 3.01. The van der Waals surface area contributed by atoms with Crippen molar-refractivity contribution in [2.75, 3.05) is 7.11 Å². The molecule has 1 N–H and O–H groups in total. The molecular formula is C6H11NO3. The SMILES string of the molecule is CCC(CC(=O)OC)=NO. The molecule has 0 saturated carbocycles.